The second-order valence-corrected chi connectivity index (χ2v) is 7.16. The van der Waals surface area contributed by atoms with Crippen molar-refractivity contribution < 1.29 is 8.42 Å². The maximum atomic E-state index is 11.4. The van der Waals surface area contributed by atoms with Crippen molar-refractivity contribution in [1.82, 2.24) is 5.43 Å². The molecule has 0 saturated carbocycles. The lowest BCUT2D eigenvalue weighted by Gasteiger charge is -2.21. The van der Waals surface area contributed by atoms with Crippen LogP contribution in [-0.4, -0.2) is 26.0 Å². The van der Waals surface area contributed by atoms with Crippen molar-refractivity contribution in [3.63, 3.8) is 0 Å². The molecule has 1 heterocycles. The van der Waals surface area contributed by atoms with Crippen LogP contribution in [-0.2, 0) is 16.3 Å². The monoisotopic (exact) mass is 262 g/mol. The van der Waals surface area contributed by atoms with Crippen molar-refractivity contribution in [1.29, 1.82) is 0 Å². The summed E-state index contributed by atoms with van der Waals surface area (Å²) >= 11 is 1.64. The molecule has 0 fully saturated rings. The molecule has 0 radical (unpaired) electrons. The van der Waals surface area contributed by atoms with Crippen molar-refractivity contribution in [3.8, 4) is 0 Å². The van der Waals surface area contributed by atoms with Gasteiger partial charge in [-0.2, -0.15) is 11.3 Å². The summed E-state index contributed by atoms with van der Waals surface area (Å²) in [5.74, 6) is 5.40. The van der Waals surface area contributed by atoms with Crippen LogP contribution in [0.5, 0.6) is 0 Å². The zero-order valence-electron chi connectivity index (χ0n) is 9.51. The van der Waals surface area contributed by atoms with Gasteiger partial charge in [-0.05, 0) is 42.2 Å². The standard InChI is InChI=1S/C10H18N2O2S2/c1-8(16(2,13)14)10(12-11)4-3-9-5-6-15-7-9/h5-8,10,12H,3-4,11H2,1-2H3. The largest absolute Gasteiger partial charge is 0.271 e. The Bertz CT molecular complexity index is 400. The van der Waals surface area contributed by atoms with E-state index in [1.165, 1.54) is 11.8 Å². The average Bonchev–Trinajstić information content (AvgIpc) is 2.69. The molecule has 6 heteroatoms. The van der Waals surface area contributed by atoms with Gasteiger partial charge < -0.3 is 0 Å². The minimum absolute atomic E-state index is 0.199. The minimum Gasteiger partial charge on any atom is -0.271 e. The predicted octanol–water partition coefficient (Wildman–Crippen LogP) is 0.946. The zero-order chi connectivity index (χ0) is 12.2. The van der Waals surface area contributed by atoms with Crippen molar-refractivity contribution in [2.24, 2.45) is 5.84 Å². The van der Waals surface area contributed by atoms with E-state index < -0.39 is 15.1 Å². The third-order valence-electron chi connectivity index (χ3n) is 2.78. The van der Waals surface area contributed by atoms with Crippen molar-refractivity contribution in [3.05, 3.63) is 22.4 Å². The minimum atomic E-state index is -3.05. The Morgan fingerprint density at radius 2 is 2.25 bits per heavy atom. The summed E-state index contributed by atoms with van der Waals surface area (Å²) < 4.78 is 22.8. The summed E-state index contributed by atoms with van der Waals surface area (Å²) in [5, 5.41) is 3.62. The molecule has 0 spiro atoms. The highest BCUT2D eigenvalue weighted by Gasteiger charge is 2.24. The van der Waals surface area contributed by atoms with Gasteiger partial charge in [0.25, 0.3) is 0 Å². The lowest BCUT2D eigenvalue weighted by Crippen LogP contribution is -2.46. The number of hydrazine groups is 1. The Morgan fingerprint density at radius 3 is 2.69 bits per heavy atom. The van der Waals surface area contributed by atoms with Gasteiger partial charge in [0.05, 0.1) is 5.25 Å². The second kappa shape index (κ2) is 5.77. The molecule has 0 amide bonds. The lowest BCUT2D eigenvalue weighted by atomic mass is 10.1. The summed E-state index contributed by atoms with van der Waals surface area (Å²) in [4.78, 5) is 0. The molecule has 0 aromatic carbocycles. The molecule has 1 rings (SSSR count). The number of aryl methyl sites for hydroxylation is 1. The number of sulfone groups is 1. The average molecular weight is 262 g/mol. The molecule has 0 bridgehead atoms. The van der Waals surface area contributed by atoms with Gasteiger partial charge in [-0.25, -0.2) is 8.42 Å². The van der Waals surface area contributed by atoms with E-state index in [-0.39, 0.29) is 6.04 Å². The van der Waals surface area contributed by atoms with Gasteiger partial charge in [0, 0.05) is 12.3 Å². The van der Waals surface area contributed by atoms with Gasteiger partial charge in [0.2, 0.25) is 0 Å². The van der Waals surface area contributed by atoms with Crippen LogP contribution in [0, 0.1) is 0 Å². The maximum Gasteiger partial charge on any atom is 0.151 e. The van der Waals surface area contributed by atoms with Gasteiger partial charge in [-0.1, -0.05) is 0 Å². The molecule has 2 atom stereocenters. The van der Waals surface area contributed by atoms with Crippen molar-refractivity contribution in [2.75, 3.05) is 6.26 Å². The zero-order valence-corrected chi connectivity index (χ0v) is 11.1. The van der Waals surface area contributed by atoms with Crippen LogP contribution in [0.4, 0.5) is 0 Å². The fraction of sp³-hybridized carbons (Fsp3) is 0.600. The van der Waals surface area contributed by atoms with Crippen LogP contribution < -0.4 is 11.3 Å². The van der Waals surface area contributed by atoms with E-state index in [4.69, 9.17) is 5.84 Å². The Hall–Kier alpha value is -0.430. The quantitative estimate of drug-likeness (QED) is 0.591. The third kappa shape index (κ3) is 3.86. The van der Waals surface area contributed by atoms with Crippen LogP contribution in [0.3, 0.4) is 0 Å². The molecule has 92 valence electrons. The Kier molecular flexibility index (Phi) is 4.91. The molecular weight excluding hydrogens is 244 g/mol. The topological polar surface area (TPSA) is 72.2 Å². The smallest absolute Gasteiger partial charge is 0.151 e. The molecule has 0 saturated heterocycles. The Labute approximate surface area is 101 Å². The first-order chi connectivity index (χ1) is 7.45. The van der Waals surface area contributed by atoms with E-state index in [0.29, 0.717) is 0 Å². The van der Waals surface area contributed by atoms with E-state index in [2.05, 4.69) is 10.8 Å². The third-order valence-corrected chi connectivity index (χ3v) is 5.19. The van der Waals surface area contributed by atoms with Crippen LogP contribution in [0.25, 0.3) is 0 Å². The first-order valence-corrected chi connectivity index (χ1v) is 8.01. The highest BCUT2D eigenvalue weighted by atomic mass is 32.2. The van der Waals surface area contributed by atoms with E-state index in [1.807, 2.05) is 11.4 Å². The van der Waals surface area contributed by atoms with Gasteiger partial charge in [0.15, 0.2) is 9.84 Å². The number of hydrogen-bond donors (Lipinski definition) is 2. The summed E-state index contributed by atoms with van der Waals surface area (Å²) in [5.41, 5.74) is 3.82. The first-order valence-electron chi connectivity index (χ1n) is 5.11. The van der Waals surface area contributed by atoms with Crippen LogP contribution >= 0.6 is 11.3 Å². The first kappa shape index (κ1) is 13.6. The molecule has 4 nitrogen and oxygen atoms in total. The Balaban J connectivity index is 2.56. The summed E-state index contributed by atoms with van der Waals surface area (Å²) in [6.07, 6.45) is 2.81. The number of rotatable bonds is 6. The highest BCUT2D eigenvalue weighted by Crippen LogP contribution is 2.13. The van der Waals surface area contributed by atoms with Crippen molar-refractivity contribution in [2.45, 2.75) is 31.1 Å². The molecule has 0 aliphatic rings. The Morgan fingerprint density at radius 1 is 1.56 bits per heavy atom. The van der Waals surface area contributed by atoms with Crippen LogP contribution in [0.2, 0.25) is 0 Å². The fourth-order valence-electron chi connectivity index (χ4n) is 1.51. The summed E-state index contributed by atoms with van der Waals surface area (Å²) in [7, 11) is -3.05. The normalized spacial score (nSPS) is 15.9. The van der Waals surface area contributed by atoms with Crippen LogP contribution in [0.1, 0.15) is 18.9 Å². The number of hydrogen-bond acceptors (Lipinski definition) is 5. The molecule has 0 aliphatic heterocycles. The van der Waals surface area contributed by atoms with E-state index in [1.54, 1.807) is 18.3 Å². The predicted molar refractivity (Wildman–Crippen MR) is 68.1 cm³/mol. The molecule has 3 N–H and O–H groups in total. The summed E-state index contributed by atoms with van der Waals surface area (Å²) in [6.45, 7) is 1.69. The molecular formula is C10H18N2O2S2. The van der Waals surface area contributed by atoms with Gasteiger partial charge in [-0.15, -0.1) is 0 Å². The lowest BCUT2D eigenvalue weighted by molar-refractivity contribution is 0.470. The fourth-order valence-corrected chi connectivity index (χ4v) is 3.02. The van der Waals surface area contributed by atoms with Gasteiger partial charge >= 0.3 is 0 Å². The van der Waals surface area contributed by atoms with Gasteiger partial charge in [-0.3, -0.25) is 11.3 Å². The molecule has 16 heavy (non-hydrogen) atoms. The highest BCUT2D eigenvalue weighted by molar-refractivity contribution is 7.91. The maximum absolute atomic E-state index is 11.4. The molecule has 0 aliphatic carbocycles. The van der Waals surface area contributed by atoms with Gasteiger partial charge in [0.1, 0.15) is 0 Å². The van der Waals surface area contributed by atoms with E-state index >= 15 is 0 Å². The van der Waals surface area contributed by atoms with E-state index in [9.17, 15) is 8.42 Å². The molecule has 1 aromatic rings. The summed E-state index contributed by atoms with van der Waals surface area (Å²) in [6, 6.07) is 1.85. The number of nitrogens with two attached hydrogens (primary N) is 1. The SMILES string of the molecule is CC(C(CCc1ccsc1)NN)S(C)(=O)=O. The second-order valence-electron chi connectivity index (χ2n) is 3.98. The molecule has 1 aromatic heterocycles. The number of thiophene rings is 1. The number of nitrogens with one attached hydrogen (secondary N) is 1. The van der Waals surface area contributed by atoms with Crippen molar-refractivity contribution >= 4 is 21.2 Å². The van der Waals surface area contributed by atoms with Crippen LogP contribution in [0.15, 0.2) is 16.8 Å². The molecule has 2 unspecified atom stereocenters. The van der Waals surface area contributed by atoms with E-state index in [0.717, 1.165) is 12.8 Å².